The highest BCUT2D eigenvalue weighted by Crippen LogP contribution is 2.35. The normalized spacial score (nSPS) is 16.6. The number of fused-ring (bicyclic) bond motifs is 1. The molecular weight excluding hydrogens is 548 g/mol. The molecule has 0 fully saturated rings. The molecule has 0 radical (unpaired) electrons. The van der Waals surface area contributed by atoms with Crippen molar-refractivity contribution >= 4 is 54.8 Å². The lowest BCUT2D eigenvalue weighted by molar-refractivity contribution is 0.362. The van der Waals surface area contributed by atoms with E-state index in [2.05, 4.69) is 39.2 Å². The first-order valence-electron chi connectivity index (χ1n) is 12.1. The van der Waals surface area contributed by atoms with Gasteiger partial charge in [-0.3, -0.25) is 0 Å². The van der Waals surface area contributed by atoms with Gasteiger partial charge in [0.25, 0.3) is 0 Å². The summed E-state index contributed by atoms with van der Waals surface area (Å²) in [4.78, 5) is 8.81. The number of para-hydroxylation sites is 1. The van der Waals surface area contributed by atoms with Crippen molar-refractivity contribution in [2.24, 2.45) is 5.92 Å². The molecule has 4 rings (SSSR count). The Labute approximate surface area is 228 Å². The molecule has 0 saturated carbocycles. The van der Waals surface area contributed by atoms with Gasteiger partial charge in [-0.2, -0.15) is 4.98 Å². The maximum atomic E-state index is 12.4. The lowest BCUT2D eigenvalue weighted by Crippen LogP contribution is -2.34. The van der Waals surface area contributed by atoms with E-state index < -0.39 is 20.0 Å². The molecule has 0 aliphatic carbocycles. The van der Waals surface area contributed by atoms with Crippen LogP contribution in [-0.2, 0) is 26.5 Å². The molecule has 0 saturated heterocycles. The Morgan fingerprint density at radius 3 is 2.50 bits per heavy atom. The Hall–Kier alpha value is -2.77. The van der Waals surface area contributed by atoms with Gasteiger partial charge in [-0.05, 0) is 54.8 Å². The quantitative estimate of drug-likeness (QED) is 0.364. The molecular formula is C25H31ClN6O4S2. The molecule has 10 nitrogen and oxygen atoms in total. The van der Waals surface area contributed by atoms with Crippen molar-refractivity contribution in [2.45, 2.75) is 31.1 Å². The highest BCUT2D eigenvalue weighted by Gasteiger charge is 2.29. The van der Waals surface area contributed by atoms with Gasteiger partial charge in [0.05, 0.1) is 18.1 Å². The van der Waals surface area contributed by atoms with E-state index in [4.69, 9.17) is 11.6 Å². The summed E-state index contributed by atoms with van der Waals surface area (Å²) in [7, 11) is -5.68. The third kappa shape index (κ3) is 6.26. The Morgan fingerprint density at radius 2 is 1.82 bits per heavy atom. The molecule has 1 aromatic heterocycles. The molecule has 1 atom stereocenters. The topological polar surface area (TPSA) is 133 Å². The Morgan fingerprint density at radius 1 is 1.08 bits per heavy atom. The molecule has 3 aromatic rings. The van der Waals surface area contributed by atoms with Crippen LogP contribution < -0.4 is 15.4 Å². The average molecular weight is 579 g/mol. The summed E-state index contributed by atoms with van der Waals surface area (Å²) >= 11 is 6.33. The fourth-order valence-corrected chi connectivity index (χ4v) is 6.34. The fraction of sp³-hybridized carbons (Fsp3) is 0.360. The standard InChI is InChI=1S/C25H31ClN6O4S2/c1-16(2)20-15-32(37(4,33)34)12-11-17-9-10-18(13-19(17)20)29-25-28-14-21(26)24(31-25)30-22-7-5-6-8-23(22)38(35,36)27-3/h5-10,13-14,16,20,27H,11-12,15H2,1-4H3,(H2,28,29,30,31). The summed E-state index contributed by atoms with van der Waals surface area (Å²) < 4.78 is 53.3. The highest BCUT2D eigenvalue weighted by atomic mass is 35.5. The predicted molar refractivity (Wildman–Crippen MR) is 150 cm³/mol. The summed E-state index contributed by atoms with van der Waals surface area (Å²) in [6.45, 7) is 5.05. The summed E-state index contributed by atoms with van der Waals surface area (Å²) in [5.41, 5.74) is 3.26. The van der Waals surface area contributed by atoms with Gasteiger partial charge in [0, 0.05) is 24.7 Å². The minimum atomic E-state index is -3.71. The highest BCUT2D eigenvalue weighted by molar-refractivity contribution is 7.89. The Balaban J connectivity index is 1.63. The van der Waals surface area contributed by atoms with E-state index in [0.717, 1.165) is 16.8 Å². The minimum Gasteiger partial charge on any atom is -0.338 e. The van der Waals surface area contributed by atoms with Crippen molar-refractivity contribution in [3.05, 3.63) is 64.8 Å². The number of benzene rings is 2. The Bertz CT molecular complexity index is 1550. The minimum absolute atomic E-state index is 0.0259. The number of aromatic nitrogens is 2. The first kappa shape index (κ1) is 28.2. The summed E-state index contributed by atoms with van der Waals surface area (Å²) in [5, 5.41) is 6.42. The number of halogens is 1. The van der Waals surface area contributed by atoms with E-state index in [1.807, 2.05) is 18.2 Å². The zero-order valence-corrected chi connectivity index (χ0v) is 24.0. The Kier molecular flexibility index (Phi) is 8.29. The maximum Gasteiger partial charge on any atom is 0.242 e. The molecule has 0 spiro atoms. The molecule has 1 aliphatic rings. The second-order valence-corrected chi connectivity index (χ2v) is 13.7. The maximum absolute atomic E-state index is 12.4. The van der Waals surface area contributed by atoms with Crippen LogP contribution in [0.5, 0.6) is 0 Å². The van der Waals surface area contributed by atoms with Crippen LogP contribution in [0.4, 0.5) is 23.1 Å². The van der Waals surface area contributed by atoms with Gasteiger partial charge in [0.1, 0.15) is 9.92 Å². The summed E-state index contributed by atoms with van der Waals surface area (Å²) in [6.07, 6.45) is 3.31. The van der Waals surface area contributed by atoms with Gasteiger partial charge in [-0.1, -0.05) is 43.6 Å². The van der Waals surface area contributed by atoms with Crippen LogP contribution in [0.15, 0.2) is 53.6 Å². The summed E-state index contributed by atoms with van der Waals surface area (Å²) in [5.74, 6) is 0.751. The van der Waals surface area contributed by atoms with E-state index in [9.17, 15) is 16.8 Å². The zero-order valence-electron chi connectivity index (χ0n) is 21.6. The van der Waals surface area contributed by atoms with Crippen molar-refractivity contribution in [1.29, 1.82) is 0 Å². The van der Waals surface area contributed by atoms with E-state index in [1.54, 1.807) is 22.5 Å². The van der Waals surface area contributed by atoms with Gasteiger partial charge in [0.2, 0.25) is 26.0 Å². The summed E-state index contributed by atoms with van der Waals surface area (Å²) in [6, 6.07) is 12.4. The molecule has 1 unspecified atom stereocenters. The number of hydrogen-bond donors (Lipinski definition) is 3. The lowest BCUT2D eigenvalue weighted by atomic mass is 9.85. The van der Waals surface area contributed by atoms with Crippen LogP contribution >= 0.6 is 11.6 Å². The molecule has 0 amide bonds. The first-order chi connectivity index (χ1) is 17.9. The number of nitrogens with zero attached hydrogens (tertiary/aromatic N) is 3. The van der Waals surface area contributed by atoms with Gasteiger partial charge >= 0.3 is 0 Å². The van der Waals surface area contributed by atoms with Crippen molar-refractivity contribution in [3.63, 3.8) is 0 Å². The third-order valence-corrected chi connectivity index (χ3v) is 9.57. The lowest BCUT2D eigenvalue weighted by Gasteiger charge is -2.26. The molecule has 13 heteroatoms. The smallest absolute Gasteiger partial charge is 0.242 e. The van der Waals surface area contributed by atoms with Crippen molar-refractivity contribution < 1.29 is 16.8 Å². The number of anilines is 4. The van der Waals surface area contributed by atoms with Gasteiger partial charge in [0.15, 0.2) is 5.82 Å². The van der Waals surface area contributed by atoms with E-state index in [-0.39, 0.29) is 33.5 Å². The molecule has 2 heterocycles. The molecule has 2 aromatic carbocycles. The fourth-order valence-electron chi connectivity index (χ4n) is 4.46. The van der Waals surface area contributed by atoms with Crippen LogP contribution in [0.1, 0.15) is 30.9 Å². The average Bonchev–Trinajstić information content (AvgIpc) is 3.06. The van der Waals surface area contributed by atoms with Crippen molar-refractivity contribution in [1.82, 2.24) is 19.0 Å². The first-order valence-corrected chi connectivity index (χ1v) is 15.8. The van der Waals surface area contributed by atoms with Gasteiger partial charge < -0.3 is 10.6 Å². The number of hydrogen-bond acceptors (Lipinski definition) is 8. The predicted octanol–water partition coefficient (Wildman–Crippen LogP) is 4.08. The SMILES string of the molecule is CNS(=O)(=O)c1ccccc1Nc1nc(Nc2ccc3c(c2)C(C(C)C)CN(S(C)(=O)=O)CC3)ncc1Cl. The second-order valence-electron chi connectivity index (χ2n) is 9.48. The number of sulfonamides is 2. The van der Waals surface area contributed by atoms with Crippen LogP contribution in [0.2, 0.25) is 5.02 Å². The molecule has 38 heavy (non-hydrogen) atoms. The molecule has 0 bridgehead atoms. The van der Waals surface area contributed by atoms with Gasteiger partial charge in [-0.15, -0.1) is 0 Å². The van der Waals surface area contributed by atoms with E-state index in [0.29, 0.717) is 25.2 Å². The zero-order chi connectivity index (χ0) is 27.7. The van der Waals surface area contributed by atoms with E-state index in [1.165, 1.54) is 25.6 Å². The van der Waals surface area contributed by atoms with Crippen LogP contribution in [0.25, 0.3) is 0 Å². The van der Waals surface area contributed by atoms with Crippen LogP contribution in [-0.4, -0.2) is 57.5 Å². The van der Waals surface area contributed by atoms with Crippen molar-refractivity contribution in [3.8, 4) is 0 Å². The second kappa shape index (κ2) is 11.1. The largest absolute Gasteiger partial charge is 0.338 e. The monoisotopic (exact) mass is 578 g/mol. The van der Waals surface area contributed by atoms with Crippen molar-refractivity contribution in [2.75, 3.05) is 37.0 Å². The van der Waals surface area contributed by atoms with Crippen LogP contribution in [0, 0.1) is 5.92 Å². The molecule has 3 N–H and O–H groups in total. The van der Waals surface area contributed by atoms with Crippen LogP contribution in [0.3, 0.4) is 0 Å². The molecule has 1 aliphatic heterocycles. The van der Waals surface area contributed by atoms with E-state index >= 15 is 0 Å². The van der Waals surface area contributed by atoms with Gasteiger partial charge in [-0.25, -0.2) is 30.8 Å². The number of rotatable bonds is 8. The molecule has 204 valence electrons. The number of nitrogens with one attached hydrogen (secondary N) is 3. The third-order valence-electron chi connectivity index (χ3n) is 6.55.